The molecule has 0 amide bonds. The molecule has 1 aliphatic carbocycles. The van der Waals surface area contributed by atoms with Crippen LogP contribution in [0.15, 0.2) is 47.4 Å². The summed E-state index contributed by atoms with van der Waals surface area (Å²) in [5, 5.41) is 13.8. The number of hydrogen-bond donors (Lipinski definition) is 2. The normalized spacial score (nSPS) is 20.0. The molecule has 1 aliphatic rings. The molecule has 22 heavy (non-hydrogen) atoms. The molecule has 2 N–H and O–H groups in total. The maximum atomic E-state index is 10.3. The first-order chi connectivity index (χ1) is 10.7. The number of fused-ring (bicyclic) bond motifs is 1. The highest BCUT2D eigenvalue weighted by Crippen LogP contribution is 2.32. The Bertz CT molecular complexity index is 659. The highest BCUT2D eigenvalue weighted by atomic mass is 32.2. The lowest BCUT2D eigenvalue weighted by Gasteiger charge is -2.18. The van der Waals surface area contributed by atoms with Crippen molar-refractivity contribution in [3.8, 4) is 5.75 Å². The predicted octanol–water partition coefficient (Wildman–Crippen LogP) is 3.17. The zero-order valence-corrected chi connectivity index (χ0v) is 13.7. The van der Waals surface area contributed by atoms with Gasteiger partial charge in [0.2, 0.25) is 0 Å². The van der Waals surface area contributed by atoms with E-state index >= 15 is 0 Å². The second-order valence-electron chi connectivity index (χ2n) is 5.52. The van der Waals surface area contributed by atoms with Crippen molar-refractivity contribution >= 4 is 11.8 Å². The van der Waals surface area contributed by atoms with Gasteiger partial charge < -0.3 is 15.2 Å². The molecule has 0 aromatic heterocycles. The zero-order valence-electron chi connectivity index (χ0n) is 12.9. The van der Waals surface area contributed by atoms with E-state index in [2.05, 4.69) is 29.6 Å². The highest BCUT2D eigenvalue weighted by Gasteiger charge is 2.30. The first-order valence-corrected chi connectivity index (χ1v) is 8.65. The van der Waals surface area contributed by atoms with Gasteiger partial charge >= 0.3 is 0 Å². The molecular weight excluding hydrogens is 294 g/mol. The summed E-state index contributed by atoms with van der Waals surface area (Å²) in [6.45, 7) is 0.730. The highest BCUT2D eigenvalue weighted by molar-refractivity contribution is 7.98. The number of rotatable bonds is 5. The maximum Gasteiger partial charge on any atom is 0.132 e. The van der Waals surface area contributed by atoms with Gasteiger partial charge in [-0.15, -0.1) is 11.8 Å². The number of nitrogens with one attached hydrogen (secondary N) is 1. The number of methoxy groups -OCH3 is 1. The number of aliphatic hydroxyl groups excluding tert-OH is 1. The van der Waals surface area contributed by atoms with Gasteiger partial charge in [0.15, 0.2) is 0 Å². The van der Waals surface area contributed by atoms with E-state index in [1.165, 1.54) is 16.7 Å². The van der Waals surface area contributed by atoms with Crippen molar-refractivity contribution in [2.24, 2.45) is 0 Å². The Balaban J connectivity index is 1.73. The summed E-state index contributed by atoms with van der Waals surface area (Å²) < 4.78 is 5.35. The van der Waals surface area contributed by atoms with Crippen LogP contribution in [0, 0.1) is 0 Å². The van der Waals surface area contributed by atoms with Crippen molar-refractivity contribution < 1.29 is 9.84 Å². The van der Waals surface area contributed by atoms with Gasteiger partial charge in [0.05, 0.1) is 19.3 Å². The lowest BCUT2D eigenvalue weighted by molar-refractivity contribution is 0.140. The largest absolute Gasteiger partial charge is 0.496 e. The summed E-state index contributed by atoms with van der Waals surface area (Å²) in [6.07, 6.45) is 2.43. The van der Waals surface area contributed by atoms with E-state index < -0.39 is 0 Å². The quantitative estimate of drug-likeness (QED) is 0.832. The number of aliphatic hydroxyl groups is 1. The molecule has 0 heterocycles. The third kappa shape index (κ3) is 3.00. The molecular formula is C18H21NO2S. The average Bonchev–Trinajstić information content (AvgIpc) is 2.87. The Morgan fingerprint density at radius 1 is 1.27 bits per heavy atom. The van der Waals surface area contributed by atoms with Gasteiger partial charge in [-0.25, -0.2) is 0 Å². The van der Waals surface area contributed by atoms with Crippen LogP contribution in [-0.2, 0) is 13.0 Å². The summed E-state index contributed by atoms with van der Waals surface area (Å²) in [6, 6.07) is 14.5. The third-order valence-electron chi connectivity index (χ3n) is 4.18. The lowest BCUT2D eigenvalue weighted by Crippen LogP contribution is -2.28. The molecule has 4 heteroatoms. The van der Waals surface area contributed by atoms with Gasteiger partial charge in [-0.2, -0.15) is 0 Å². The minimum absolute atomic E-state index is 0.0102. The van der Waals surface area contributed by atoms with Crippen LogP contribution in [-0.4, -0.2) is 24.6 Å². The molecule has 0 saturated carbocycles. The van der Waals surface area contributed by atoms with E-state index in [4.69, 9.17) is 4.74 Å². The van der Waals surface area contributed by atoms with E-state index in [1.807, 2.05) is 24.5 Å². The summed E-state index contributed by atoms with van der Waals surface area (Å²) in [5.74, 6) is 0.905. The molecule has 2 aromatic rings. The van der Waals surface area contributed by atoms with Crippen LogP contribution in [0.1, 0.15) is 22.7 Å². The monoisotopic (exact) mass is 315 g/mol. The van der Waals surface area contributed by atoms with Crippen LogP contribution in [0.2, 0.25) is 0 Å². The average molecular weight is 315 g/mol. The number of thioether (sulfide) groups is 1. The number of benzene rings is 2. The molecule has 0 spiro atoms. The molecule has 3 nitrogen and oxygen atoms in total. The Morgan fingerprint density at radius 2 is 2.09 bits per heavy atom. The molecule has 0 radical (unpaired) electrons. The Labute approximate surface area is 135 Å². The van der Waals surface area contributed by atoms with Crippen molar-refractivity contribution in [3.05, 3.63) is 59.2 Å². The minimum atomic E-state index is -0.351. The van der Waals surface area contributed by atoms with E-state index in [0.29, 0.717) is 0 Å². The van der Waals surface area contributed by atoms with Crippen LogP contribution in [0.4, 0.5) is 0 Å². The number of ether oxygens (including phenoxy) is 1. The number of hydrogen-bond acceptors (Lipinski definition) is 4. The van der Waals surface area contributed by atoms with Gasteiger partial charge in [0.25, 0.3) is 0 Å². The second-order valence-corrected chi connectivity index (χ2v) is 6.37. The van der Waals surface area contributed by atoms with Crippen molar-refractivity contribution in [3.63, 3.8) is 0 Å². The Hall–Kier alpha value is -1.49. The molecule has 2 atom stereocenters. The Morgan fingerprint density at radius 3 is 2.86 bits per heavy atom. The first-order valence-electron chi connectivity index (χ1n) is 7.43. The summed E-state index contributed by atoms with van der Waals surface area (Å²) in [7, 11) is 1.69. The van der Waals surface area contributed by atoms with Crippen molar-refractivity contribution in [1.82, 2.24) is 5.32 Å². The van der Waals surface area contributed by atoms with Gasteiger partial charge in [0.1, 0.15) is 5.75 Å². The van der Waals surface area contributed by atoms with Gasteiger partial charge in [-0.1, -0.05) is 30.3 Å². The van der Waals surface area contributed by atoms with Gasteiger partial charge in [-0.05, 0) is 35.1 Å². The maximum absolute atomic E-state index is 10.3. The standard InChI is InChI=1S/C18H21NO2S/c1-21-16-8-7-12(9-17(16)22-2)11-19-18-14-6-4-3-5-13(14)10-15(18)20/h3-9,15,18-20H,10-11H2,1-2H3/t15-,18+/m1/s1. The minimum Gasteiger partial charge on any atom is -0.496 e. The molecule has 3 rings (SSSR count). The van der Waals surface area contributed by atoms with Crippen LogP contribution in [0.25, 0.3) is 0 Å². The van der Waals surface area contributed by atoms with Crippen LogP contribution in [0.3, 0.4) is 0 Å². The van der Waals surface area contributed by atoms with Crippen molar-refractivity contribution in [2.75, 3.05) is 13.4 Å². The predicted molar refractivity (Wildman–Crippen MR) is 90.5 cm³/mol. The molecule has 0 fully saturated rings. The fraction of sp³-hybridized carbons (Fsp3) is 0.333. The van der Waals surface area contributed by atoms with Crippen molar-refractivity contribution in [2.45, 2.75) is 30.0 Å². The lowest BCUT2D eigenvalue weighted by atomic mass is 10.1. The van der Waals surface area contributed by atoms with E-state index in [1.54, 1.807) is 18.9 Å². The van der Waals surface area contributed by atoms with Crippen LogP contribution in [0.5, 0.6) is 5.75 Å². The summed E-state index contributed by atoms with van der Waals surface area (Å²) in [4.78, 5) is 1.13. The molecule has 0 unspecified atom stereocenters. The van der Waals surface area contributed by atoms with Gasteiger partial charge in [0, 0.05) is 17.9 Å². The molecule has 0 saturated heterocycles. The molecule has 0 bridgehead atoms. The summed E-state index contributed by atoms with van der Waals surface area (Å²) in [5.41, 5.74) is 3.65. The van der Waals surface area contributed by atoms with Crippen molar-refractivity contribution in [1.29, 1.82) is 0 Å². The molecule has 2 aromatic carbocycles. The van der Waals surface area contributed by atoms with Gasteiger partial charge in [-0.3, -0.25) is 0 Å². The Kier molecular flexibility index (Phi) is 4.71. The van der Waals surface area contributed by atoms with E-state index in [0.717, 1.165) is 23.6 Å². The molecule has 0 aliphatic heterocycles. The fourth-order valence-corrected chi connectivity index (χ4v) is 3.66. The smallest absolute Gasteiger partial charge is 0.132 e. The molecule has 116 valence electrons. The van der Waals surface area contributed by atoms with Crippen LogP contribution < -0.4 is 10.1 Å². The van der Waals surface area contributed by atoms with E-state index in [9.17, 15) is 5.11 Å². The summed E-state index contributed by atoms with van der Waals surface area (Å²) >= 11 is 1.68. The fourth-order valence-electron chi connectivity index (χ4n) is 3.04. The first kappa shape index (κ1) is 15.4. The SMILES string of the molecule is COc1ccc(CN[C@H]2c3ccccc3C[C@H]2O)cc1SC. The topological polar surface area (TPSA) is 41.5 Å². The third-order valence-corrected chi connectivity index (χ3v) is 4.94. The second kappa shape index (κ2) is 6.73. The zero-order chi connectivity index (χ0) is 15.5. The van der Waals surface area contributed by atoms with E-state index in [-0.39, 0.29) is 12.1 Å². The van der Waals surface area contributed by atoms with Crippen LogP contribution >= 0.6 is 11.8 Å².